The van der Waals surface area contributed by atoms with Crippen molar-refractivity contribution in [1.29, 1.82) is 0 Å². The molecule has 134 valence electrons. The molecule has 1 aromatic rings. The van der Waals surface area contributed by atoms with Crippen LogP contribution in [0, 0.1) is 5.92 Å². The van der Waals surface area contributed by atoms with E-state index in [1.54, 1.807) is 0 Å². The Labute approximate surface area is 144 Å². The standard InChI is InChI=1S/C18H30N4O2/c1-13(20-16(23)8-7-14-9-11-19-12-10-14)18-21-17(22-24-18)15-5-3-2-4-6-15/h13-15,19H,2-12H2,1H3,(H,20,23). The normalized spacial score (nSPS) is 21.5. The van der Waals surface area contributed by atoms with Gasteiger partial charge >= 0.3 is 0 Å². The van der Waals surface area contributed by atoms with E-state index >= 15 is 0 Å². The van der Waals surface area contributed by atoms with Crippen LogP contribution in [0.2, 0.25) is 0 Å². The van der Waals surface area contributed by atoms with Crippen molar-refractivity contribution in [3.8, 4) is 0 Å². The summed E-state index contributed by atoms with van der Waals surface area (Å²) in [5.74, 6) is 2.54. The fourth-order valence-corrected chi connectivity index (χ4v) is 3.83. The van der Waals surface area contributed by atoms with Crippen LogP contribution in [0.25, 0.3) is 0 Å². The van der Waals surface area contributed by atoms with Crippen LogP contribution in [-0.2, 0) is 4.79 Å². The summed E-state index contributed by atoms with van der Waals surface area (Å²) >= 11 is 0. The van der Waals surface area contributed by atoms with Crippen LogP contribution in [0.3, 0.4) is 0 Å². The first-order valence-corrected chi connectivity index (χ1v) is 9.56. The first-order chi connectivity index (χ1) is 11.7. The van der Waals surface area contributed by atoms with E-state index in [1.807, 2.05) is 6.92 Å². The predicted molar refractivity (Wildman–Crippen MR) is 91.5 cm³/mol. The van der Waals surface area contributed by atoms with Gasteiger partial charge in [0.1, 0.15) is 6.04 Å². The van der Waals surface area contributed by atoms with Crippen molar-refractivity contribution in [2.24, 2.45) is 5.92 Å². The SMILES string of the molecule is CC(NC(=O)CCC1CCNCC1)c1nc(C2CCCCC2)no1. The molecule has 1 aromatic heterocycles. The number of amides is 1. The van der Waals surface area contributed by atoms with Crippen LogP contribution in [-0.4, -0.2) is 29.1 Å². The third kappa shape index (κ3) is 4.79. The molecular formula is C18H30N4O2. The molecule has 3 rings (SSSR count). The molecule has 6 heteroatoms. The summed E-state index contributed by atoms with van der Waals surface area (Å²) in [6.07, 6.45) is 10.0. The van der Waals surface area contributed by atoms with Crippen molar-refractivity contribution in [2.45, 2.75) is 76.7 Å². The summed E-state index contributed by atoms with van der Waals surface area (Å²) in [5.41, 5.74) is 0. The molecule has 1 atom stereocenters. The van der Waals surface area contributed by atoms with Crippen LogP contribution in [0.1, 0.15) is 88.4 Å². The van der Waals surface area contributed by atoms with Crippen LogP contribution >= 0.6 is 0 Å². The molecule has 1 saturated heterocycles. The van der Waals surface area contributed by atoms with E-state index in [1.165, 1.54) is 32.1 Å². The van der Waals surface area contributed by atoms with E-state index in [4.69, 9.17) is 4.52 Å². The second-order valence-corrected chi connectivity index (χ2v) is 7.35. The van der Waals surface area contributed by atoms with Crippen LogP contribution < -0.4 is 10.6 Å². The van der Waals surface area contributed by atoms with Crippen molar-refractivity contribution in [3.05, 3.63) is 11.7 Å². The maximum absolute atomic E-state index is 12.2. The topological polar surface area (TPSA) is 80.0 Å². The van der Waals surface area contributed by atoms with Crippen molar-refractivity contribution in [1.82, 2.24) is 20.8 Å². The molecule has 2 fully saturated rings. The minimum atomic E-state index is -0.213. The Balaban J connectivity index is 1.44. The minimum absolute atomic E-state index is 0.0819. The van der Waals surface area contributed by atoms with Gasteiger partial charge in [0, 0.05) is 12.3 Å². The highest BCUT2D eigenvalue weighted by molar-refractivity contribution is 5.76. The number of nitrogens with zero attached hydrogens (tertiary/aromatic N) is 2. The lowest BCUT2D eigenvalue weighted by Gasteiger charge is -2.22. The Morgan fingerprint density at radius 3 is 2.75 bits per heavy atom. The number of piperidine rings is 1. The molecule has 1 aliphatic carbocycles. The third-order valence-electron chi connectivity index (χ3n) is 5.41. The molecule has 6 nitrogen and oxygen atoms in total. The minimum Gasteiger partial charge on any atom is -0.345 e. The van der Waals surface area contributed by atoms with Crippen molar-refractivity contribution in [3.63, 3.8) is 0 Å². The number of aromatic nitrogens is 2. The predicted octanol–water partition coefficient (Wildman–Crippen LogP) is 3.07. The lowest BCUT2D eigenvalue weighted by Crippen LogP contribution is -2.30. The Kier molecular flexibility index (Phi) is 6.24. The monoisotopic (exact) mass is 334 g/mol. The molecule has 24 heavy (non-hydrogen) atoms. The number of hydrogen-bond donors (Lipinski definition) is 2. The van der Waals surface area contributed by atoms with Crippen LogP contribution in [0.15, 0.2) is 4.52 Å². The Hall–Kier alpha value is -1.43. The van der Waals surface area contributed by atoms with E-state index in [-0.39, 0.29) is 11.9 Å². The van der Waals surface area contributed by atoms with Crippen LogP contribution in [0.4, 0.5) is 0 Å². The number of carbonyl (C=O) groups excluding carboxylic acids is 1. The fourth-order valence-electron chi connectivity index (χ4n) is 3.83. The molecule has 0 bridgehead atoms. The molecule has 1 aliphatic heterocycles. The Morgan fingerprint density at radius 1 is 1.25 bits per heavy atom. The number of rotatable bonds is 6. The molecule has 0 radical (unpaired) electrons. The summed E-state index contributed by atoms with van der Waals surface area (Å²) in [4.78, 5) is 16.7. The molecule has 2 N–H and O–H groups in total. The molecule has 2 heterocycles. The van der Waals surface area contributed by atoms with Gasteiger partial charge in [-0.15, -0.1) is 0 Å². The van der Waals surface area contributed by atoms with Crippen molar-refractivity contribution in [2.75, 3.05) is 13.1 Å². The van der Waals surface area contributed by atoms with Crippen LogP contribution in [0.5, 0.6) is 0 Å². The third-order valence-corrected chi connectivity index (χ3v) is 5.41. The molecule has 0 aromatic carbocycles. The maximum Gasteiger partial charge on any atom is 0.248 e. The zero-order valence-electron chi connectivity index (χ0n) is 14.7. The Morgan fingerprint density at radius 2 is 2.00 bits per heavy atom. The van der Waals surface area contributed by atoms with Crippen molar-refractivity contribution < 1.29 is 9.32 Å². The summed E-state index contributed by atoms with van der Waals surface area (Å²) in [6, 6.07) is -0.213. The summed E-state index contributed by atoms with van der Waals surface area (Å²) in [6.45, 7) is 4.07. The van der Waals surface area contributed by atoms with Gasteiger partial charge in [-0.3, -0.25) is 4.79 Å². The van der Waals surface area contributed by atoms with Gasteiger partial charge in [-0.2, -0.15) is 4.98 Å². The quantitative estimate of drug-likeness (QED) is 0.836. The second-order valence-electron chi connectivity index (χ2n) is 7.35. The smallest absolute Gasteiger partial charge is 0.248 e. The molecular weight excluding hydrogens is 304 g/mol. The van der Waals surface area contributed by atoms with E-state index in [0.29, 0.717) is 24.1 Å². The fraction of sp³-hybridized carbons (Fsp3) is 0.833. The first-order valence-electron chi connectivity index (χ1n) is 9.56. The molecule has 1 amide bonds. The van der Waals surface area contributed by atoms with Gasteiger partial charge in [0.2, 0.25) is 11.8 Å². The summed E-state index contributed by atoms with van der Waals surface area (Å²) in [5, 5.41) is 10.5. The van der Waals surface area contributed by atoms with Gasteiger partial charge in [0.15, 0.2) is 5.82 Å². The highest BCUT2D eigenvalue weighted by atomic mass is 16.5. The number of hydrogen-bond acceptors (Lipinski definition) is 5. The average Bonchev–Trinajstić information content (AvgIpc) is 3.12. The average molecular weight is 334 g/mol. The Bertz CT molecular complexity index is 519. The molecule has 0 spiro atoms. The lowest BCUT2D eigenvalue weighted by atomic mass is 9.89. The zero-order chi connectivity index (χ0) is 16.8. The number of carbonyl (C=O) groups is 1. The molecule has 1 unspecified atom stereocenters. The lowest BCUT2D eigenvalue weighted by molar-refractivity contribution is -0.122. The largest absolute Gasteiger partial charge is 0.345 e. The van der Waals surface area contributed by atoms with Gasteiger partial charge in [-0.25, -0.2) is 0 Å². The highest BCUT2D eigenvalue weighted by Crippen LogP contribution is 2.31. The van der Waals surface area contributed by atoms with E-state index in [2.05, 4.69) is 20.8 Å². The van der Waals surface area contributed by atoms with Gasteiger partial charge < -0.3 is 15.2 Å². The van der Waals surface area contributed by atoms with Gasteiger partial charge in [0.05, 0.1) is 0 Å². The molecule has 1 saturated carbocycles. The highest BCUT2D eigenvalue weighted by Gasteiger charge is 2.23. The summed E-state index contributed by atoms with van der Waals surface area (Å²) in [7, 11) is 0. The maximum atomic E-state index is 12.2. The van der Waals surface area contributed by atoms with Gasteiger partial charge in [0.25, 0.3) is 0 Å². The molecule has 2 aliphatic rings. The number of nitrogens with one attached hydrogen (secondary N) is 2. The van der Waals surface area contributed by atoms with E-state index in [9.17, 15) is 4.79 Å². The summed E-state index contributed by atoms with van der Waals surface area (Å²) < 4.78 is 5.39. The van der Waals surface area contributed by atoms with Crippen molar-refractivity contribution >= 4 is 5.91 Å². The van der Waals surface area contributed by atoms with Gasteiger partial charge in [-0.1, -0.05) is 24.4 Å². The van der Waals surface area contributed by atoms with E-state index < -0.39 is 0 Å². The first kappa shape index (κ1) is 17.4. The second kappa shape index (κ2) is 8.60. The zero-order valence-corrected chi connectivity index (χ0v) is 14.7. The van der Waals surface area contributed by atoms with Gasteiger partial charge in [-0.05, 0) is 58.0 Å². The van der Waals surface area contributed by atoms with E-state index in [0.717, 1.165) is 38.2 Å².